The van der Waals surface area contributed by atoms with Crippen molar-refractivity contribution in [2.75, 3.05) is 32.8 Å². The van der Waals surface area contributed by atoms with Crippen molar-refractivity contribution in [3.8, 4) is 0 Å². The van der Waals surface area contributed by atoms with Crippen molar-refractivity contribution in [3.63, 3.8) is 0 Å². The lowest BCUT2D eigenvalue weighted by molar-refractivity contribution is 0.0117. The van der Waals surface area contributed by atoms with Crippen molar-refractivity contribution >= 4 is 32.8 Å². The van der Waals surface area contributed by atoms with Gasteiger partial charge < -0.3 is 18.9 Å². The average molecular weight is 447 g/mol. The molecule has 146 valence electrons. The Labute approximate surface area is 169 Å². The van der Waals surface area contributed by atoms with Crippen LogP contribution in [-0.4, -0.2) is 43.7 Å². The first kappa shape index (κ1) is 18.9. The van der Waals surface area contributed by atoms with Gasteiger partial charge in [-0.2, -0.15) is 0 Å². The number of nitrogens with zero attached hydrogens (tertiary/aromatic N) is 1. The molecule has 3 heterocycles. The smallest absolute Gasteiger partial charge is 0.287 e. The third kappa shape index (κ3) is 4.04. The maximum absolute atomic E-state index is 12.7. The number of fused-ring (bicyclic) bond motifs is 1. The quantitative estimate of drug-likeness (QED) is 0.648. The molecule has 1 aliphatic heterocycles. The number of morpholine rings is 1. The summed E-state index contributed by atoms with van der Waals surface area (Å²) in [5.41, 5.74) is 0.109. The zero-order valence-corrected chi connectivity index (χ0v) is 16.6. The first-order valence-electron chi connectivity index (χ1n) is 8.98. The van der Waals surface area contributed by atoms with E-state index in [4.69, 9.17) is 13.6 Å². The van der Waals surface area contributed by atoms with Crippen LogP contribution in [0.1, 0.15) is 22.4 Å². The number of ether oxygens (including phenoxy) is 1. The monoisotopic (exact) mass is 446 g/mol. The second kappa shape index (κ2) is 8.30. The van der Waals surface area contributed by atoms with Gasteiger partial charge in [0.05, 0.1) is 30.9 Å². The van der Waals surface area contributed by atoms with E-state index in [0.717, 1.165) is 23.3 Å². The minimum atomic E-state index is -0.441. The summed E-state index contributed by atoms with van der Waals surface area (Å²) in [6, 6.07) is 9.91. The molecule has 1 saturated heterocycles. The molecule has 1 fully saturated rings. The van der Waals surface area contributed by atoms with Gasteiger partial charge >= 0.3 is 0 Å². The number of benzene rings is 1. The van der Waals surface area contributed by atoms with Crippen molar-refractivity contribution in [2.24, 2.45) is 0 Å². The number of hydrogen-bond acceptors (Lipinski definition) is 6. The third-order valence-corrected chi connectivity index (χ3v) is 5.22. The van der Waals surface area contributed by atoms with Gasteiger partial charge in [-0.15, -0.1) is 0 Å². The topological polar surface area (TPSA) is 84.9 Å². The van der Waals surface area contributed by atoms with Crippen molar-refractivity contribution in [2.45, 2.75) is 6.04 Å². The molecule has 0 unspecified atom stereocenters. The molecule has 8 heteroatoms. The van der Waals surface area contributed by atoms with E-state index in [-0.39, 0.29) is 17.2 Å². The van der Waals surface area contributed by atoms with Crippen LogP contribution in [0.5, 0.6) is 0 Å². The standard InChI is InChI=1S/C20H19BrN2O5/c21-13-3-4-14-16(24)11-19(28-18(14)10-13)20(25)22-12-15(17-2-1-7-27-17)23-5-8-26-9-6-23/h1-4,7,10-11,15H,5-6,8-9,12H2,(H,22,25)/t15-/m0/s1. The van der Waals surface area contributed by atoms with E-state index in [1.54, 1.807) is 24.5 Å². The van der Waals surface area contributed by atoms with E-state index in [0.29, 0.717) is 30.7 Å². The molecule has 4 rings (SSSR count). The Morgan fingerprint density at radius 2 is 2.04 bits per heavy atom. The van der Waals surface area contributed by atoms with Gasteiger partial charge in [0.25, 0.3) is 5.91 Å². The van der Waals surface area contributed by atoms with Crippen molar-refractivity contribution in [1.82, 2.24) is 10.2 Å². The Balaban J connectivity index is 1.53. The molecule has 0 bridgehead atoms. The molecule has 28 heavy (non-hydrogen) atoms. The number of amides is 1. The molecule has 1 atom stereocenters. The van der Waals surface area contributed by atoms with Gasteiger partial charge in [-0.1, -0.05) is 15.9 Å². The Hall–Kier alpha value is -2.42. The minimum Gasteiger partial charge on any atom is -0.468 e. The van der Waals surface area contributed by atoms with Crippen LogP contribution in [-0.2, 0) is 4.74 Å². The van der Waals surface area contributed by atoms with Gasteiger partial charge in [0, 0.05) is 30.2 Å². The second-order valence-electron chi connectivity index (χ2n) is 6.50. The van der Waals surface area contributed by atoms with Gasteiger partial charge in [-0.05, 0) is 30.3 Å². The highest BCUT2D eigenvalue weighted by Gasteiger charge is 2.26. The Morgan fingerprint density at radius 1 is 1.21 bits per heavy atom. The molecule has 1 aromatic carbocycles. The molecule has 1 N–H and O–H groups in total. The van der Waals surface area contributed by atoms with Gasteiger partial charge in [0.2, 0.25) is 0 Å². The Kier molecular flexibility index (Phi) is 5.61. The molecule has 0 spiro atoms. The minimum absolute atomic E-state index is 0.0178. The predicted octanol–water partition coefficient (Wildman–Crippen LogP) is 2.95. The Morgan fingerprint density at radius 3 is 2.79 bits per heavy atom. The van der Waals surface area contributed by atoms with E-state index >= 15 is 0 Å². The molecule has 0 aliphatic carbocycles. The summed E-state index contributed by atoms with van der Waals surface area (Å²) in [6.45, 7) is 3.10. The van der Waals surface area contributed by atoms with Crippen LogP contribution >= 0.6 is 15.9 Å². The molecule has 1 amide bonds. The van der Waals surface area contributed by atoms with Crippen molar-refractivity contribution < 1.29 is 18.4 Å². The Bertz CT molecular complexity index is 1020. The number of hydrogen-bond donors (Lipinski definition) is 1. The van der Waals surface area contributed by atoms with Gasteiger partial charge in [0.15, 0.2) is 11.2 Å². The van der Waals surface area contributed by atoms with E-state index in [1.165, 1.54) is 6.07 Å². The summed E-state index contributed by atoms with van der Waals surface area (Å²) in [5.74, 6) is 0.311. The van der Waals surface area contributed by atoms with Crippen molar-refractivity contribution in [1.29, 1.82) is 0 Å². The molecule has 2 aromatic heterocycles. The fourth-order valence-electron chi connectivity index (χ4n) is 3.30. The molecular formula is C20H19BrN2O5. The third-order valence-electron chi connectivity index (χ3n) is 4.73. The van der Waals surface area contributed by atoms with E-state index in [1.807, 2.05) is 12.1 Å². The number of carbonyl (C=O) groups is 1. The zero-order valence-electron chi connectivity index (χ0n) is 15.0. The highest BCUT2D eigenvalue weighted by molar-refractivity contribution is 9.10. The van der Waals surface area contributed by atoms with E-state index in [2.05, 4.69) is 26.1 Å². The number of nitrogens with one attached hydrogen (secondary N) is 1. The molecule has 3 aromatic rings. The molecule has 7 nitrogen and oxygen atoms in total. The summed E-state index contributed by atoms with van der Waals surface area (Å²) in [4.78, 5) is 27.2. The lowest BCUT2D eigenvalue weighted by Crippen LogP contribution is -2.43. The van der Waals surface area contributed by atoms with Crippen LogP contribution in [0.4, 0.5) is 0 Å². The summed E-state index contributed by atoms with van der Waals surface area (Å²) < 4.78 is 17.4. The highest BCUT2D eigenvalue weighted by atomic mass is 79.9. The van der Waals surface area contributed by atoms with Crippen LogP contribution in [0.3, 0.4) is 0 Å². The normalized spacial score (nSPS) is 16.2. The van der Waals surface area contributed by atoms with Crippen LogP contribution in [0.15, 0.2) is 60.8 Å². The first-order valence-corrected chi connectivity index (χ1v) is 9.78. The zero-order chi connectivity index (χ0) is 19.5. The van der Waals surface area contributed by atoms with Crippen LogP contribution in [0.2, 0.25) is 0 Å². The lowest BCUT2D eigenvalue weighted by Gasteiger charge is -2.33. The molecule has 0 radical (unpaired) electrons. The molecule has 1 aliphatic rings. The lowest BCUT2D eigenvalue weighted by atomic mass is 10.1. The van der Waals surface area contributed by atoms with E-state index in [9.17, 15) is 9.59 Å². The largest absolute Gasteiger partial charge is 0.468 e. The average Bonchev–Trinajstić information content (AvgIpc) is 3.23. The summed E-state index contributed by atoms with van der Waals surface area (Å²) in [5, 5.41) is 3.30. The predicted molar refractivity (Wildman–Crippen MR) is 106 cm³/mol. The number of halogens is 1. The molecular weight excluding hydrogens is 428 g/mol. The summed E-state index contributed by atoms with van der Waals surface area (Å²) in [6.07, 6.45) is 1.62. The SMILES string of the molecule is O=C(NC[C@@H](c1ccco1)N1CCOCC1)c1cc(=O)c2ccc(Br)cc2o1. The summed E-state index contributed by atoms with van der Waals surface area (Å²) >= 11 is 3.35. The molecule has 0 saturated carbocycles. The second-order valence-corrected chi connectivity index (χ2v) is 7.42. The fraction of sp³-hybridized carbons (Fsp3) is 0.300. The highest BCUT2D eigenvalue weighted by Crippen LogP contribution is 2.22. The number of carbonyl (C=O) groups excluding carboxylic acids is 1. The van der Waals surface area contributed by atoms with E-state index < -0.39 is 5.91 Å². The number of rotatable bonds is 5. The van der Waals surface area contributed by atoms with Crippen LogP contribution in [0.25, 0.3) is 11.0 Å². The maximum atomic E-state index is 12.7. The fourth-order valence-corrected chi connectivity index (χ4v) is 3.64. The number of furan rings is 1. The maximum Gasteiger partial charge on any atom is 0.287 e. The van der Waals surface area contributed by atoms with Gasteiger partial charge in [-0.3, -0.25) is 14.5 Å². The van der Waals surface area contributed by atoms with Crippen LogP contribution in [0, 0.1) is 0 Å². The van der Waals surface area contributed by atoms with Crippen molar-refractivity contribution in [3.05, 3.63) is 68.9 Å². The first-order chi connectivity index (χ1) is 13.6. The van der Waals surface area contributed by atoms with Gasteiger partial charge in [-0.25, -0.2) is 0 Å². The summed E-state index contributed by atoms with van der Waals surface area (Å²) in [7, 11) is 0. The van der Waals surface area contributed by atoms with Crippen LogP contribution < -0.4 is 10.7 Å². The van der Waals surface area contributed by atoms with Gasteiger partial charge in [0.1, 0.15) is 11.3 Å².